The van der Waals surface area contributed by atoms with Crippen LogP contribution in [0.4, 0.5) is 0 Å². The van der Waals surface area contributed by atoms with Crippen LogP contribution in [-0.2, 0) is 19.2 Å². The number of carbonyl (C=O) groups is 2. The Balaban J connectivity index is 2.30. The van der Waals surface area contributed by atoms with Gasteiger partial charge in [0.05, 0.1) is 18.1 Å². The molecule has 1 aliphatic heterocycles. The Bertz CT molecular complexity index is 352. The van der Waals surface area contributed by atoms with E-state index in [1.807, 2.05) is 0 Å². The minimum atomic E-state index is -0.967. The van der Waals surface area contributed by atoms with Gasteiger partial charge < -0.3 is 15.1 Å². The van der Waals surface area contributed by atoms with E-state index in [1.165, 1.54) is 6.92 Å². The SMILES string of the molecule is CCC(=O)OC(C)O/N=[N+](\[O-])N1CC(C(=O)O)C1. The van der Waals surface area contributed by atoms with Crippen molar-refractivity contribution in [2.45, 2.75) is 26.6 Å². The smallest absolute Gasteiger partial charge is 0.310 e. The minimum absolute atomic E-state index is 0.0782. The van der Waals surface area contributed by atoms with Gasteiger partial charge in [-0.25, -0.2) is 0 Å². The van der Waals surface area contributed by atoms with Crippen molar-refractivity contribution in [3.05, 3.63) is 5.21 Å². The molecule has 0 aromatic rings. The summed E-state index contributed by atoms with van der Waals surface area (Å²) in [7, 11) is 0. The quantitative estimate of drug-likeness (QED) is 0.237. The molecule has 1 heterocycles. The average Bonchev–Trinajstić information content (AvgIpc) is 2.23. The van der Waals surface area contributed by atoms with Crippen LogP contribution in [0.15, 0.2) is 5.28 Å². The van der Waals surface area contributed by atoms with Gasteiger partial charge in [-0.3, -0.25) is 14.4 Å². The van der Waals surface area contributed by atoms with Gasteiger partial charge in [0, 0.05) is 13.3 Å². The minimum Gasteiger partial charge on any atom is -0.569 e. The molecule has 1 rings (SSSR count). The first-order valence-electron chi connectivity index (χ1n) is 5.45. The number of carbonyl (C=O) groups excluding carboxylic acids is 1. The van der Waals surface area contributed by atoms with Crippen LogP contribution >= 0.6 is 0 Å². The predicted molar refractivity (Wildman–Crippen MR) is 55.7 cm³/mol. The average molecular weight is 261 g/mol. The third-order valence-corrected chi connectivity index (χ3v) is 2.30. The van der Waals surface area contributed by atoms with Crippen molar-refractivity contribution in [2.24, 2.45) is 11.2 Å². The maximum absolute atomic E-state index is 11.3. The molecule has 0 aliphatic carbocycles. The van der Waals surface area contributed by atoms with Gasteiger partial charge in [-0.05, 0) is 0 Å². The molecule has 9 nitrogen and oxygen atoms in total. The third kappa shape index (κ3) is 3.75. The van der Waals surface area contributed by atoms with Crippen molar-refractivity contribution in [3.63, 3.8) is 0 Å². The zero-order valence-electron chi connectivity index (χ0n) is 10.1. The zero-order chi connectivity index (χ0) is 13.7. The zero-order valence-corrected chi connectivity index (χ0v) is 10.1. The lowest BCUT2D eigenvalue weighted by Gasteiger charge is -2.31. The van der Waals surface area contributed by atoms with Crippen molar-refractivity contribution in [3.8, 4) is 0 Å². The topological polar surface area (TPSA) is 114 Å². The van der Waals surface area contributed by atoms with E-state index in [9.17, 15) is 14.8 Å². The second-order valence-corrected chi connectivity index (χ2v) is 3.76. The molecule has 1 saturated heterocycles. The van der Waals surface area contributed by atoms with Crippen molar-refractivity contribution in [1.82, 2.24) is 5.01 Å². The molecule has 0 aromatic heterocycles. The summed E-state index contributed by atoms with van der Waals surface area (Å²) in [6.45, 7) is 3.20. The van der Waals surface area contributed by atoms with E-state index in [0.717, 1.165) is 5.01 Å². The first kappa shape index (κ1) is 14.0. The van der Waals surface area contributed by atoms with E-state index in [1.54, 1.807) is 6.92 Å². The summed E-state index contributed by atoms with van der Waals surface area (Å²) in [4.78, 5) is 26.2. The summed E-state index contributed by atoms with van der Waals surface area (Å²) >= 11 is 0. The standard InChI is InChI=1S/C9H15N3O6/c1-3-8(13)17-6(2)18-10-12(16)11-4-7(5-11)9(14)15/h6-7H,3-5H2,1-2H3,(H,14,15)/b12-10-. The third-order valence-electron chi connectivity index (χ3n) is 2.30. The van der Waals surface area contributed by atoms with Crippen molar-refractivity contribution >= 4 is 11.9 Å². The lowest BCUT2D eigenvalue weighted by atomic mass is 10.0. The molecule has 1 unspecified atom stereocenters. The summed E-state index contributed by atoms with van der Waals surface area (Å²) < 4.78 is 4.71. The molecule has 0 radical (unpaired) electrons. The molecule has 102 valence electrons. The summed E-state index contributed by atoms with van der Waals surface area (Å²) in [5.41, 5.74) is 0. The molecule has 1 aliphatic rings. The van der Waals surface area contributed by atoms with Crippen LogP contribution in [0.2, 0.25) is 0 Å². The number of carboxylic acids is 1. The lowest BCUT2D eigenvalue weighted by molar-refractivity contribution is -0.727. The van der Waals surface area contributed by atoms with Crippen LogP contribution in [0.25, 0.3) is 0 Å². The molecular formula is C9H15N3O6. The fourth-order valence-corrected chi connectivity index (χ4v) is 1.20. The summed E-state index contributed by atoms with van der Waals surface area (Å²) in [6, 6.07) is 0. The highest BCUT2D eigenvalue weighted by Gasteiger charge is 2.38. The maximum Gasteiger partial charge on any atom is 0.310 e. The number of hydrogen-bond donors (Lipinski definition) is 1. The highest BCUT2D eigenvalue weighted by Crippen LogP contribution is 2.15. The molecule has 0 amide bonds. The van der Waals surface area contributed by atoms with E-state index in [0.29, 0.717) is 0 Å². The molecule has 9 heteroatoms. The monoisotopic (exact) mass is 261 g/mol. The highest BCUT2D eigenvalue weighted by atomic mass is 16.8. The molecule has 0 aromatic carbocycles. The Morgan fingerprint density at radius 3 is 2.72 bits per heavy atom. The summed E-state index contributed by atoms with van der Waals surface area (Å²) in [6.07, 6.45) is -0.772. The normalized spacial score (nSPS) is 17.9. The number of hydrazine groups is 1. The fourth-order valence-electron chi connectivity index (χ4n) is 1.20. The fraction of sp³-hybridized carbons (Fsp3) is 0.778. The largest absolute Gasteiger partial charge is 0.569 e. The van der Waals surface area contributed by atoms with Crippen LogP contribution in [-0.4, -0.2) is 46.4 Å². The molecule has 1 fully saturated rings. The number of hydrogen-bond acceptors (Lipinski definition) is 6. The Hall–Kier alpha value is -2.06. The molecule has 0 spiro atoms. The molecule has 0 saturated carbocycles. The second kappa shape index (κ2) is 6.03. The van der Waals surface area contributed by atoms with Crippen LogP contribution in [0.3, 0.4) is 0 Å². The van der Waals surface area contributed by atoms with Gasteiger partial charge in [-0.1, -0.05) is 6.92 Å². The van der Waals surface area contributed by atoms with E-state index >= 15 is 0 Å². The number of ether oxygens (including phenoxy) is 1. The van der Waals surface area contributed by atoms with Gasteiger partial charge in [0.1, 0.15) is 5.92 Å². The van der Waals surface area contributed by atoms with Gasteiger partial charge in [0.25, 0.3) is 6.29 Å². The van der Waals surface area contributed by atoms with Crippen LogP contribution in [0, 0.1) is 11.1 Å². The number of esters is 1. The van der Waals surface area contributed by atoms with E-state index in [4.69, 9.17) is 9.84 Å². The predicted octanol–water partition coefficient (Wildman–Crippen LogP) is 0.111. The molecule has 1 atom stereocenters. The van der Waals surface area contributed by atoms with E-state index in [-0.39, 0.29) is 24.5 Å². The first-order valence-corrected chi connectivity index (χ1v) is 5.45. The molecular weight excluding hydrogens is 246 g/mol. The molecule has 18 heavy (non-hydrogen) atoms. The van der Waals surface area contributed by atoms with E-state index < -0.39 is 24.1 Å². The second-order valence-electron chi connectivity index (χ2n) is 3.76. The van der Waals surface area contributed by atoms with Gasteiger partial charge in [-0.2, -0.15) is 0 Å². The summed E-state index contributed by atoms with van der Waals surface area (Å²) in [5.74, 6) is -1.98. The Labute approximate surface area is 103 Å². The Morgan fingerprint density at radius 2 is 2.22 bits per heavy atom. The van der Waals surface area contributed by atoms with Crippen LogP contribution in [0.1, 0.15) is 20.3 Å². The molecule has 1 N–H and O–H groups in total. The number of aliphatic carboxylic acids is 1. The maximum atomic E-state index is 11.3. The van der Waals surface area contributed by atoms with Gasteiger partial charge >= 0.3 is 11.9 Å². The number of rotatable bonds is 6. The number of nitrogens with zero attached hydrogens (tertiary/aromatic N) is 3. The highest BCUT2D eigenvalue weighted by molar-refractivity contribution is 5.71. The van der Waals surface area contributed by atoms with Crippen molar-refractivity contribution in [1.29, 1.82) is 0 Å². The molecule has 0 bridgehead atoms. The van der Waals surface area contributed by atoms with Crippen LogP contribution in [0.5, 0.6) is 0 Å². The van der Waals surface area contributed by atoms with Gasteiger partial charge in [0.15, 0.2) is 0 Å². The lowest BCUT2D eigenvalue weighted by Crippen LogP contribution is -2.53. The Morgan fingerprint density at radius 1 is 1.61 bits per heavy atom. The van der Waals surface area contributed by atoms with E-state index in [2.05, 4.69) is 10.1 Å². The first-order chi connectivity index (χ1) is 8.43. The summed E-state index contributed by atoms with van der Waals surface area (Å²) in [5, 5.41) is 24.2. The van der Waals surface area contributed by atoms with Crippen LogP contribution < -0.4 is 0 Å². The van der Waals surface area contributed by atoms with Crippen molar-refractivity contribution in [2.75, 3.05) is 13.1 Å². The van der Waals surface area contributed by atoms with Gasteiger partial charge in [0.2, 0.25) is 5.28 Å². The van der Waals surface area contributed by atoms with Crippen molar-refractivity contribution < 1.29 is 29.2 Å². The Kier molecular flexibility index (Phi) is 4.69. The van der Waals surface area contributed by atoms with Gasteiger partial charge in [-0.15, -0.1) is 5.01 Å². The number of carboxylic acid groups (broad SMARTS) is 1.